The number of hydrogen-bond acceptors (Lipinski definition) is 6. The molecule has 1 aromatic carbocycles. The Hall–Kier alpha value is -1.12. The highest BCUT2D eigenvalue weighted by atomic mass is 32.2. The first-order valence-corrected chi connectivity index (χ1v) is 8.05. The van der Waals surface area contributed by atoms with Crippen LogP contribution in [-0.4, -0.2) is 27.3 Å². The van der Waals surface area contributed by atoms with Crippen molar-refractivity contribution in [3.8, 4) is 0 Å². The van der Waals surface area contributed by atoms with Gasteiger partial charge in [0.05, 0.1) is 11.9 Å². The van der Waals surface area contributed by atoms with E-state index in [0.717, 1.165) is 23.9 Å². The summed E-state index contributed by atoms with van der Waals surface area (Å²) in [7, 11) is 0. The van der Waals surface area contributed by atoms with Crippen LogP contribution in [-0.2, 0) is 5.75 Å². The van der Waals surface area contributed by atoms with E-state index in [1.54, 1.807) is 11.8 Å². The lowest BCUT2D eigenvalue weighted by Crippen LogP contribution is -2.04. The van der Waals surface area contributed by atoms with Gasteiger partial charge in [-0.2, -0.15) is 11.8 Å². The van der Waals surface area contributed by atoms with Crippen molar-refractivity contribution in [2.24, 2.45) is 0 Å². The fourth-order valence-electron chi connectivity index (χ4n) is 1.49. The minimum Gasteiger partial charge on any atom is -0.415 e. The summed E-state index contributed by atoms with van der Waals surface area (Å²) in [4.78, 5) is 0. The van der Waals surface area contributed by atoms with E-state index < -0.39 is 17.7 Å². The predicted molar refractivity (Wildman–Crippen MR) is 73.6 cm³/mol. The van der Waals surface area contributed by atoms with Crippen molar-refractivity contribution in [3.63, 3.8) is 0 Å². The summed E-state index contributed by atoms with van der Waals surface area (Å²) in [6.45, 7) is 0. The maximum absolute atomic E-state index is 13.5. The molecule has 1 aromatic heterocycles. The Morgan fingerprint density at radius 3 is 2.85 bits per heavy atom. The van der Waals surface area contributed by atoms with Crippen LogP contribution in [0.4, 0.5) is 8.78 Å². The summed E-state index contributed by atoms with van der Waals surface area (Å²) < 4.78 is 31.6. The Balaban J connectivity index is 1.95. The van der Waals surface area contributed by atoms with Crippen LogP contribution in [0.15, 0.2) is 27.8 Å². The Kier molecular flexibility index (Phi) is 5.38. The topological polar surface area (TPSA) is 59.2 Å². The number of thioether (sulfide) groups is 2. The molecule has 0 aliphatic rings. The molecule has 0 aliphatic carbocycles. The summed E-state index contributed by atoms with van der Waals surface area (Å²) in [6.07, 6.45) is 0.842. The van der Waals surface area contributed by atoms with Crippen LogP contribution in [0.5, 0.6) is 0 Å². The lowest BCUT2D eigenvalue weighted by Gasteiger charge is -2.10. The number of halogens is 2. The highest BCUT2D eigenvalue weighted by molar-refractivity contribution is 7.99. The fourth-order valence-corrected chi connectivity index (χ4v) is 2.59. The third-order valence-electron chi connectivity index (χ3n) is 2.40. The van der Waals surface area contributed by atoms with Gasteiger partial charge in [-0.15, -0.1) is 10.2 Å². The Labute approximate surface area is 123 Å². The summed E-state index contributed by atoms with van der Waals surface area (Å²) >= 11 is 2.68. The van der Waals surface area contributed by atoms with Gasteiger partial charge in [-0.25, -0.2) is 8.78 Å². The lowest BCUT2D eigenvalue weighted by molar-refractivity contribution is 0.198. The number of aliphatic hydroxyl groups is 1. The summed E-state index contributed by atoms with van der Waals surface area (Å²) in [5.74, 6) is -0.189. The van der Waals surface area contributed by atoms with Gasteiger partial charge in [-0.05, 0) is 12.3 Å². The molecule has 0 radical (unpaired) electrons. The third kappa shape index (κ3) is 3.94. The minimum absolute atomic E-state index is 0.0442. The van der Waals surface area contributed by atoms with Crippen molar-refractivity contribution in [3.05, 3.63) is 41.3 Å². The van der Waals surface area contributed by atoms with Crippen LogP contribution < -0.4 is 0 Å². The molecular weight excluding hydrogens is 306 g/mol. The number of benzene rings is 1. The summed E-state index contributed by atoms with van der Waals surface area (Å²) in [6, 6.07) is 3.07. The molecular formula is C12H12F2N2O2S2. The number of nitrogens with zero attached hydrogens (tertiary/aromatic N) is 2. The highest BCUT2D eigenvalue weighted by Crippen LogP contribution is 2.26. The van der Waals surface area contributed by atoms with Crippen molar-refractivity contribution in [2.45, 2.75) is 17.1 Å². The second kappa shape index (κ2) is 7.05. The molecule has 0 saturated heterocycles. The largest absolute Gasteiger partial charge is 0.415 e. The first-order valence-electron chi connectivity index (χ1n) is 5.67. The molecule has 1 unspecified atom stereocenters. The molecule has 0 amide bonds. The normalized spacial score (nSPS) is 12.6. The molecule has 4 nitrogen and oxygen atoms in total. The SMILES string of the molecule is CSCc1nnc(SCC(O)c2ccc(F)cc2F)o1. The molecule has 2 aromatic rings. The molecule has 1 heterocycles. The second-order valence-electron chi connectivity index (χ2n) is 3.89. The molecule has 0 spiro atoms. The maximum atomic E-state index is 13.5. The van der Waals surface area contributed by atoms with Gasteiger partial charge in [0.1, 0.15) is 11.6 Å². The van der Waals surface area contributed by atoms with Crippen molar-refractivity contribution in [1.82, 2.24) is 10.2 Å². The molecule has 8 heteroatoms. The van der Waals surface area contributed by atoms with Crippen LogP contribution in [0.2, 0.25) is 0 Å². The molecule has 0 fully saturated rings. The van der Waals surface area contributed by atoms with Gasteiger partial charge < -0.3 is 9.52 Å². The maximum Gasteiger partial charge on any atom is 0.276 e. The monoisotopic (exact) mass is 318 g/mol. The standard InChI is InChI=1S/C12H12F2N2O2S2/c1-19-6-11-15-16-12(18-11)20-5-10(17)8-3-2-7(13)4-9(8)14/h2-4,10,17H,5-6H2,1H3. The average molecular weight is 318 g/mol. The van der Waals surface area contributed by atoms with Gasteiger partial charge in [0, 0.05) is 17.4 Å². The fraction of sp³-hybridized carbons (Fsp3) is 0.333. The van der Waals surface area contributed by atoms with E-state index in [2.05, 4.69) is 10.2 Å². The van der Waals surface area contributed by atoms with E-state index in [0.29, 0.717) is 16.9 Å². The Morgan fingerprint density at radius 2 is 2.15 bits per heavy atom. The van der Waals surface area contributed by atoms with Gasteiger partial charge in [-0.1, -0.05) is 17.8 Å². The Morgan fingerprint density at radius 1 is 1.35 bits per heavy atom. The highest BCUT2D eigenvalue weighted by Gasteiger charge is 2.16. The average Bonchev–Trinajstić information content (AvgIpc) is 2.84. The molecule has 1 N–H and O–H groups in total. The zero-order valence-electron chi connectivity index (χ0n) is 10.5. The number of rotatable bonds is 6. The number of aromatic nitrogens is 2. The zero-order chi connectivity index (χ0) is 14.5. The van der Waals surface area contributed by atoms with Gasteiger partial charge in [0.25, 0.3) is 5.22 Å². The number of hydrogen-bond donors (Lipinski definition) is 1. The smallest absolute Gasteiger partial charge is 0.276 e. The van der Waals surface area contributed by atoms with Gasteiger partial charge in [0.15, 0.2) is 0 Å². The summed E-state index contributed by atoms with van der Waals surface area (Å²) in [5.41, 5.74) is 0.0442. The predicted octanol–water partition coefficient (Wildman–Crippen LogP) is 3.04. The first kappa shape index (κ1) is 15.3. The van der Waals surface area contributed by atoms with E-state index in [1.165, 1.54) is 6.07 Å². The molecule has 1 atom stereocenters. The lowest BCUT2D eigenvalue weighted by atomic mass is 10.1. The van der Waals surface area contributed by atoms with Gasteiger partial charge >= 0.3 is 0 Å². The second-order valence-corrected chi connectivity index (χ2v) is 5.72. The zero-order valence-corrected chi connectivity index (χ0v) is 12.2. The molecule has 2 rings (SSSR count). The summed E-state index contributed by atoms with van der Waals surface area (Å²) in [5, 5.41) is 17.8. The first-order chi connectivity index (χ1) is 9.60. The minimum atomic E-state index is -1.07. The van der Waals surface area contributed by atoms with E-state index >= 15 is 0 Å². The van der Waals surface area contributed by atoms with Crippen LogP contribution in [0.1, 0.15) is 17.6 Å². The van der Waals surface area contributed by atoms with Gasteiger partial charge in [-0.3, -0.25) is 0 Å². The van der Waals surface area contributed by atoms with Crippen LogP contribution >= 0.6 is 23.5 Å². The Bertz CT molecular complexity index is 580. The molecule has 0 saturated carbocycles. The van der Waals surface area contributed by atoms with Crippen LogP contribution in [0.25, 0.3) is 0 Å². The van der Waals surface area contributed by atoms with Crippen molar-refractivity contribution in [1.29, 1.82) is 0 Å². The third-order valence-corrected chi connectivity index (χ3v) is 3.83. The van der Waals surface area contributed by atoms with Crippen LogP contribution in [0, 0.1) is 11.6 Å². The molecule has 0 bridgehead atoms. The van der Waals surface area contributed by atoms with E-state index in [4.69, 9.17) is 4.42 Å². The number of aliphatic hydroxyl groups excluding tert-OH is 1. The van der Waals surface area contributed by atoms with E-state index in [9.17, 15) is 13.9 Å². The van der Waals surface area contributed by atoms with Crippen molar-refractivity contribution >= 4 is 23.5 Å². The molecule has 20 heavy (non-hydrogen) atoms. The molecule has 0 aliphatic heterocycles. The van der Waals surface area contributed by atoms with Crippen LogP contribution in [0.3, 0.4) is 0 Å². The van der Waals surface area contributed by atoms with E-state index in [1.807, 2.05) is 6.26 Å². The van der Waals surface area contributed by atoms with Gasteiger partial charge in [0.2, 0.25) is 5.89 Å². The molecule has 108 valence electrons. The quantitative estimate of drug-likeness (QED) is 0.826. The van der Waals surface area contributed by atoms with Crippen molar-refractivity contribution < 1.29 is 18.3 Å². The van der Waals surface area contributed by atoms with Crippen molar-refractivity contribution in [2.75, 3.05) is 12.0 Å². The van der Waals surface area contributed by atoms with E-state index in [-0.39, 0.29) is 11.3 Å².